The van der Waals surface area contributed by atoms with Gasteiger partial charge in [0.1, 0.15) is 5.82 Å². The van der Waals surface area contributed by atoms with E-state index in [-0.39, 0.29) is 12.1 Å². The molecule has 0 spiro atoms. The van der Waals surface area contributed by atoms with Crippen molar-refractivity contribution in [1.29, 1.82) is 0 Å². The molecule has 2 N–H and O–H groups in total. The number of carbonyl (C=O) groups excluding carboxylic acids is 1. The van der Waals surface area contributed by atoms with Crippen molar-refractivity contribution < 1.29 is 4.79 Å². The van der Waals surface area contributed by atoms with Gasteiger partial charge in [-0.3, -0.25) is 0 Å². The maximum Gasteiger partial charge on any atom is 0.318 e. The number of aromatic amines is 1. The van der Waals surface area contributed by atoms with E-state index >= 15 is 0 Å². The number of aromatic nitrogens is 4. The Kier molecular flexibility index (Phi) is 5.82. The molecular formula is C27H26N6O. The van der Waals surface area contributed by atoms with Crippen molar-refractivity contribution >= 4 is 17.1 Å². The Morgan fingerprint density at radius 2 is 1.68 bits per heavy atom. The van der Waals surface area contributed by atoms with E-state index in [1.54, 1.807) is 11.9 Å². The molecule has 7 heteroatoms. The molecule has 0 saturated heterocycles. The van der Waals surface area contributed by atoms with Gasteiger partial charge >= 0.3 is 6.03 Å². The number of nitrogens with zero attached hydrogens (tertiary/aromatic N) is 4. The number of amides is 2. The number of rotatable bonds is 6. The van der Waals surface area contributed by atoms with Crippen molar-refractivity contribution in [2.24, 2.45) is 0 Å². The highest BCUT2D eigenvalue weighted by Crippen LogP contribution is 2.25. The van der Waals surface area contributed by atoms with E-state index in [0.717, 1.165) is 39.4 Å². The maximum atomic E-state index is 13.0. The lowest BCUT2D eigenvalue weighted by Crippen LogP contribution is -2.38. The lowest BCUT2D eigenvalue weighted by Gasteiger charge is -2.20. The minimum atomic E-state index is -0.261. The number of hydrogen-bond donors (Lipinski definition) is 2. The van der Waals surface area contributed by atoms with Crippen molar-refractivity contribution in [1.82, 2.24) is 30.0 Å². The van der Waals surface area contributed by atoms with Gasteiger partial charge in [0.15, 0.2) is 0 Å². The molecule has 0 fully saturated rings. The van der Waals surface area contributed by atoms with Crippen LogP contribution in [0.25, 0.3) is 28.0 Å². The van der Waals surface area contributed by atoms with Gasteiger partial charge in [0.25, 0.3) is 0 Å². The van der Waals surface area contributed by atoms with Gasteiger partial charge in [-0.05, 0) is 31.2 Å². The summed E-state index contributed by atoms with van der Waals surface area (Å²) in [6.07, 6.45) is 1.99. The topological polar surface area (TPSA) is 78.8 Å². The zero-order chi connectivity index (χ0) is 23.5. The van der Waals surface area contributed by atoms with Crippen LogP contribution in [0.2, 0.25) is 0 Å². The average molecular weight is 451 g/mol. The summed E-state index contributed by atoms with van der Waals surface area (Å²) in [5, 5.41) is 7.88. The van der Waals surface area contributed by atoms with Gasteiger partial charge < -0.3 is 15.2 Å². The van der Waals surface area contributed by atoms with Gasteiger partial charge in [0.05, 0.1) is 35.0 Å². The molecule has 0 aliphatic heterocycles. The number of fused-ring (bicyclic) bond motifs is 1. The van der Waals surface area contributed by atoms with Crippen LogP contribution >= 0.6 is 0 Å². The zero-order valence-electron chi connectivity index (χ0n) is 19.1. The van der Waals surface area contributed by atoms with Crippen molar-refractivity contribution in [3.63, 3.8) is 0 Å². The first-order valence-corrected chi connectivity index (χ1v) is 11.2. The number of para-hydroxylation sites is 3. The Balaban J connectivity index is 1.36. The molecule has 0 unspecified atom stereocenters. The highest BCUT2D eigenvalue weighted by molar-refractivity contribution is 5.76. The third-order valence-corrected chi connectivity index (χ3v) is 5.77. The van der Waals surface area contributed by atoms with Gasteiger partial charge in [-0.15, -0.1) is 0 Å². The zero-order valence-corrected chi connectivity index (χ0v) is 19.1. The van der Waals surface area contributed by atoms with Crippen LogP contribution in [-0.2, 0) is 6.54 Å². The van der Waals surface area contributed by atoms with E-state index < -0.39 is 0 Å². The first-order chi connectivity index (χ1) is 16.6. The van der Waals surface area contributed by atoms with E-state index in [4.69, 9.17) is 5.10 Å². The second-order valence-electron chi connectivity index (χ2n) is 8.32. The van der Waals surface area contributed by atoms with Gasteiger partial charge in [0.2, 0.25) is 0 Å². The minimum Gasteiger partial charge on any atom is -0.340 e. The Labute approximate surface area is 198 Å². The number of H-pyrrole nitrogens is 1. The average Bonchev–Trinajstić information content (AvgIpc) is 3.50. The van der Waals surface area contributed by atoms with E-state index in [1.807, 2.05) is 103 Å². The molecule has 0 aliphatic carbocycles. The maximum absolute atomic E-state index is 13.0. The largest absolute Gasteiger partial charge is 0.340 e. The van der Waals surface area contributed by atoms with E-state index in [1.165, 1.54) is 0 Å². The summed E-state index contributed by atoms with van der Waals surface area (Å²) in [6, 6.07) is 27.4. The summed E-state index contributed by atoms with van der Waals surface area (Å²) < 4.78 is 1.86. The first-order valence-electron chi connectivity index (χ1n) is 11.2. The molecule has 170 valence electrons. The van der Waals surface area contributed by atoms with Crippen LogP contribution in [0.1, 0.15) is 24.4 Å². The number of hydrogen-bond acceptors (Lipinski definition) is 3. The molecule has 2 aromatic heterocycles. The van der Waals surface area contributed by atoms with Gasteiger partial charge in [-0.1, -0.05) is 60.7 Å². The molecular weight excluding hydrogens is 424 g/mol. The number of nitrogens with one attached hydrogen (secondary N) is 2. The van der Waals surface area contributed by atoms with Crippen molar-refractivity contribution in [3.8, 4) is 16.9 Å². The number of benzene rings is 3. The lowest BCUT2D eigenvalue weighted by molar-refractivity contribution is 0.203. The van der Waals surface area contributed by atoms with Gasteiger partial charge in [-0.2, -0.15) is 5.10 Å². The highest BCUT2D eigenvalue weighted by Gasteiger charge is 2.19. The Morgan fingerprint density at radius 1 is 1.00 bits per heavy atom. The Hall–Kier alpha value is -4.39. The molecule has 5 rings (SSSR count). The van der Waals surface area contributed by atoms with Gasteiger partial charge in [-0.25, -0.2) is 14.5 Å². The Bertz CT molecular complexity index is 1370. The van der Waals surface area contributed by atoms with E-state index in [2.05, 4.69) is 15.3 Å². The van der Waals surface area contributed by atoms with E-state index in [0.29, 0.717) is 6.54 Å². The molecule has 0 saturated carbocycles. The molecule has 5 aromatic rings. The van der Waals surface area contributed by atoms with Crippen molar-refractivity contribution in [3.05, 3.63) is 103 Å². The fourth-order valence-electron chi connectivity index (χ4n) is 3.95. The molecule has 0 aliphatic rings. The summed E-state index contributed by atoms with van der Waals surface area (Å²) in [5.41, 5.74) is 5.63. The third kappa shape index (κ3) is 4.41. The molecule has 7 nitrogen and oxygen atoms in total. The minimum absolute atomic E-state index is 0.181. The quantitative estimate of drug-likeness (QED) is 0.368. The fraction of sp³-hybridized carbons (Fsp3) is 0.148. The Morgan fingerprint density at radius 3 is 2.41 bits per heavy atom. The second kappa shape index (κ2) is 9.23. The van der Waals surface area contributed by atoms with Gasteiger partial charge in [0, 0.05) is 24.4 Å². The van der Waals surface area contributed by atoms with Crippen LogP contribution in [0.15, 0.2) is 91.1 Å². The number of carbonyl (C=O) groups is 1. The SMILES string of the molecule is C[C@H](NC(=O)N(C)Cc1cn(-c2ccccc2)nc1-c1ccccc1)c1nc2ccccc2[nH]1. The normalized spacial score (nSPS) is 11.9. The van der Waals surface area contributed by atoms with Crippen LogP contribution in [0.5, 0.6) is 0 Å². The fourth-order valence-corrected chi connectivity index (χ4v) is 3.95. The summed E-state index contributed by atoms with van der Waals surface area (Å²) in [4.78, 5) is 22.6. The first kappa shape index (κ1) is 21.5. The van der Waals surface area contributed by atoms with Crippen LogP contribution in [0.3, 0.4) is 0 Å². The van der Waals surface area contributed by atoms with Crippen molar-refractivity contribution in [2.75, 3.05) is 7.05 Å². The molecule has 2 heterocycles. The molecule has 0 bridgehead atoms. The highest BCUT2D eigenvalue weighted by atomic mass is 16.2. The smallest absolute Gasteiger partial charge is 0.318 e. The monoisotopic (exact) mass is 450 g/mol. The standard InChI is InChI=1S/C27H26N6O/c1-19(26-29-23-15-9-10-16-24(23)30-26)28-27(34)32(2)17-21-18-33(22-13-7-4-8-14-22)31-25(21)20-11-5-3-6-12-20/h3-16,18-19H,17H2,1-2H3,(H,28,34)(H,29,30)/t19-/m0/s1. The predicted molar refractivity (Wildman–Crippen MR) is 134 cm³/mol. The number of imidazole rings is 1. The van der Waals surface area contributed by atoms with Crippen LogP contribution in [-0.4, -0.2) is 37.7 Å². The second-order valence-corrected chi connectivity index (χ2v) is 8.32. The van der Waals surface area contributed by atoms with Crippen LogP contribution in [0, 0.1) is 0 Å². The molecule has 34 heavy (non-hydrogen) atoms. The molecule has 0 radical (unpaired) electrons. The third-order valence-electron chi connectivity index (χ3n) is 5.77. The summed E-state index contributed by atoms with van der Waals surface area (Å²) >= 11 is 0. The van der Waals surface area contributed by atoms with Crippen LogP contribution < -0.4 is 5.32 Å². The molecule has 1 atom stereocenters. The number of urea groups is 1. The van der Waals surface area contributed by atoms with Crippen LogP contribution in [0.4, 0.5) is 4.79 Å². The molecule has 2 amide bonds. The summed E-state index contributed by atoms with van der Waals surface area (Å²) in [6.45, 7) is 2.34. The molecule has 3 aromatic carbocycles. The summed E-state index contributed by atoms with van der Waals surface area (Å²) in [5.74, 6) is 0.727. The lowest BCUT2D eigenvalue weighted by atomic mass is 10.1. The predicted octanol–water partition coefficient (Wildman–Crippen LogP) is 5.32. The van der Waals surface area contributed by atoms with E-state index in [9.17, 15) is 4.79 Å². The van der Waals surface area contributed by atoms with Crippen molar-refractivity contribution in [2.45, 2.75) is 19.5 Å². The summed E-state index contributed by atoms with van der Waals surface area (Å²) in [7, 11) is 1.79.